The Bertz CT molecular complexity index is 496. The second-order valence-electron chi connectivity index (χ2n) is 3.00. The van der Waals surface area contributed by atoms with Gasteiger partial charge in [0.25, 0.3) is 12.1 Å². The molecule has 1 heterocycles. The van der Waals surface area contributed by atoms with Gasteiger partial charge >= 0.3 is 5.97 Å². The number of hydrogen-bond donors (Lipinski definition) is 0. The van der Waals surface area contributed by atoms with Crippen molar-refractivity contribution in [2.75, 3.05) is 6.61 Å². The van der Waals surface area contributed by atoms with Gasteiger partial charge in [0.15, 0.2) is 5.56 Å². The number of aromatic nitrogens is 1. The van der Waals surface area contributed by atoms with Crippen LogP contribution in [0.5, 0.6) is 0 Å². The van der Waals surface area contributed by atoms with Gasteiger partial charge in [-0.1, -0.05) is 0 Å². The Hall–Kier alpha value is -1.64. The molecule has 6 nitrogen and oxygen atoms in total. The summed E-state index contributed by atoms with van der Waals surface area (Å²) in [6, 6.07) is 0. The molecule has 0 bridgehead atoms. The number of pyridine rings is 1. The Morgan fingerprint density at radius 3 is 2.72 bits per heavy atom. The number of ether oxygens (including phenoxy) is 1. The minimum absolute atomic E-state index is 0.0317. The lowest BCUT2D eigenvalue weighted by atomic mass is 10.1. The van der Waals surface area contributed by atoms with Crippen molar-refractivity contribution in [2.24, 2.45) is 0 Å². The Balaban J connectivity index is 3.49. The van der Waals surface area contributed by atoms with Crippen molar-refractivity contribution in [3.05, 3.63) is 32.0 Å². The fourth-order valence-corrected chi connectivity index (χ4v) is 1.71. The zero-order valence-corrected chi connectivity index (χ0v) is 10.6. The molecule has 1 aromatic rings. The van der Waals surface area contributed by atoms with Gasteiger partial charge < -0.3 is 4.74 Å². The average molecular weight is 325 g/mol. The van der Waals surface area contributed by atoms with E-state index in [2.05, 4.69) is 25.7 Å². The normalized spacial score (nSPS) is 10.5. The highest BCUT2D eigenvalue weighted by atomic mass is 79.9. The molecule has 18 heavy (non-hydrogen) atoms. The van der Waals surface area contributed by atoms with Crippen LogP contribution in [-0.4, -0.2) is 22.5 Å². The van der Waals surface area contributed by atoms with Crippen LogP contribution in [0.4, 0.5) is 14.5 Å². The summed E-state index contributed by atoms with van der Waals surface area (Å²) in [5.41, 5.74) is -2.53. The van der Waals surface area contributed by atoms with Gasteiger partial charge in [-0.15, -0.1) is 0 Å². The monoisotopic (exact) mass is 324 g/mol. The number of nitro groups is 1. The number of carbonyl (C=O) groups is 1. The lowest BCUT2D eigenvalue weighted by Crippen LogP contribution is -2.11. The number of alkyl halides is 2. The van der Waals surface area contributed by atoms with Crippen LogP contribution >= 0.6 is 15.9 Å². The zero-order chi connectivity index (χ0) is 13.9. The van der Waals surface area contributed by atoms with Gasteiger partial charge in [0.2, 0.25) is 0 Å². The number of esters is 1. The third-order valence-electron chi connectivity index (χ3n) is 1.94. The van der Waals surface area contributed by atoms with E-state index in [0.717, 1.165) is 6.20 Å². The van der Waals surface area contributed by atoms with Crippen LogP contribution in [-0.2, 0) is 4.74 Å². The number of rotatable bonds is 4. The molecule has 1 rings (SSSR count). The fraction of sp³-hybridized carbons (Fsp3) is 0.333. The first kappa shape index (κ1) is 14.4. The van der Waals surface area contributed by atoms with Crippen molar-refractivity contribution in [3.8, 4) is 0 Å². The summed E-state index contributed by atoms with van der Waals surface area (Å²) >= 11 is 2.69. The fourth-order valence-electron chi connectivity index (χ4n) is 1.24. The molecule has 0 aromatic carbocycles. The van der Waals surface area contributed by atoms with Crippen molar-refractivity contribution >= 4 is 27.6 Å². The lowest BCUT2D eigenvalue weighted by Gasteiger charge is -2.07. The number of hydrogen-bond acceptors (Lipinski definition) is 5. The largest absolute Gasteiger partial charge is 0.462 e. The summed E-state index contributed by atoms with van der Waals surface area (Å²) < 4.78 is 29.7. The van der Waals surface area contributed by atoms with Crippen LogP contribution in [0.25, 0.3) is 0 Å². The Morgan fingerprint density at radius 1 is 1.67 bits per heavy atom. The van der Waals surface area contributed by atoms with Crippen molar-refractivity contribution in [1.29, 1.82) is 0 Å². The third-order valence-corrected chi connectivity index (χ3v) is 2.57. The predicted molar refractivity (Wildman–Crippen MR) is 59.5 cm³/mol. The SMILES string of the molecule is CCOC(=O)c1cnc(Br)c(C(F)F)c1[N+](=O)[O-]. The summed E-state index contributed by atoms with van der Waals surface area (Å²) in [4.78, 5) is 24.7. The van der Waals surface area contributed by atoms with E-state index in [4.69, 9.17) is 0 Å². The minimum atomic E-state index is -3.14. The Morgan fingerprint density at radius 2 is 2.28 bits per heavy atom. The minimum Gasteiger partial charge on any atom is -0.462 e. The molecule has 0 saturated heterocycles. The van der Waals surface area contributed by atoms with E-state index in [9.17, 15) is 23.7 Å². The summed E-state index contributed by atoms with van der Waals surface area (Å²) in [7, 11) is 0. The summed E-state index contributed by atoms with van der Waals surface area (Å²) in [6.07, 6.45) is -2.31. The standard InChI is InChI=1S/C9H7BrF2N2O4/c1-2-18-9(15)4-3-13-7(10)5(8(11)12)6(4)14(16)17/h3,8H,2H2,1H3. The number of halogens is 3. The molecule has 0 amide bonds. The van der Waals surface area contributed by atoms with E-state index in [1.807, 2.05) is 0 Å². The maximum atomic E-state index is 12.8. The molecule has 0 aliphatic rings. The highest BCUT2D eigenvalue weighted by molar-refractivity contribution is 9.10. The molecular weight excluding hydrogens is 318 g/mol. The van der Waals surface area contributed by atoms with E-state index < -0.39 is 34.1 Å². The maximum absolute atomic E-state index is 12.8. The molecular formula is C9H7BrF2N2O4. The molecule has 1 aromatic heterocycles. The molecule has 0 aliphatic heterocycles. The van der Waals surface area contributed by atoms with Crippen LogP contribution in [0.1, 0.15) is 29.3 Å². The van der Waals surface area contributed by atoms with Crippen LogP contribution in [0.3, 0.4) is 0 Å². The van der Waals surface area contributed by atoms with Gasteiger partial charge in [0, 0.05) is 6.20 Å². The molecule has 9 heteroatoms. The molecule has 0 unspecified atom stereocenters. The van der Waals surface area contributed by atoms with Crippen molar-refractivity contribution in [1.82, 2.24) is 4.98 Å². The second kappa shape index (κ2) is 5.80. The van der Waals surface area contributed by atoms with Gasteiger partial charge in [-0.05, 0) is 22.9 Å². The smallest absolute Gasteiger partial charge is 0.346 e. The van der Waals surface area contributed by atoms with Gasteiger partial charge in [-0.3, -0.25) is 10.1 Å². The molecule has 0 fully saturated rings. The van der Waals surface area contributed by atoms with Gasteiger partial charge in [-0.2, -0.15) is 0 Å². The van der Waals surface area contributed by atoms with E-state index in [1.54, 1.807) is 0 Å². The van der Waals surface area contributed by atoms with E-state index in [1.165, 1.54) is 6.92 Å². The highest BCUT2D eigenvalue weighted by Gasteiger charge is 2.33. The summed E-state index contributed by atoms with van der Waals surface area (Å²) in [5.74, 6) is -1.06. The second-order valence-corrected chi connectivity index (χ2v) is 3.75. The first-order valence-electron chi connectivity index (χ1n) is 4.68. The van der Waals surface area contributed by atoms with Crippen LogP contribution in [0.2, 0.25) is 0 Å². The first-order chi connectivity index (χ1) is 8.40. The van der Waals surface area contributed by atoms with Crippen LogP contribution < -0.4 is 0 Å². The quantitative estimate of drug-likeness (QED) is 0.368. The van der Waals surface area contributed by atoms with Gasteiger partial charge in [0.05, 0.1) is 11.5 Å². The Kier molecular flexibility index (Phi) is 4.65. The third kappa shape index (κ3) is 2.78. The first-order valence-corrected chi connectivity index (χ1v) is 5.47. The summed E-state index contributed by atoms with van der Waals surface area (Å²) in [5, 5.41) is 10.8. The van der Waals surface area contributed by atoms with Crippen molar-refractivity contribution in [3.63, 3.8) is 0 Å². The predicted octanol–water partition coefficient (Wildman–Crippen LogP) is 2.87. The van der Waals surface area contributed by atoms with Crippen molar-refractivity contribution in [2.45, 2.75) is 13.3 Å². The zero-order valence-electron chi connectivity index (χ0n) is 9.02. The molecule has 98 valence electrons. The van der Waals surface area contributed by atoms with Gasteiger partial charge in [-0.25, -0.2) is 18.6 Å². The molecule has 0 N–H and O–H groups in total. The lowest BCUT2D eigenvalue weighted by molar-refractivity contribution is -0.386. The summed E-state index contributed by atoms with van der Waals surface area (Å²) in [6.45, 7) is 1.46. The molecule has 0 saturated carbocycles. The number of nitrogens with zero attached hydrogens (tertiary/aromatic N) is 2. The number of carbonyl (C=O) groups excluding carboxylic acids is 1. The topological polar surface area (TPSA) is 82.3 Å². The van der Waals surface area contributed by atoms with E-state index >= 15 is 0 Å². The van der Waals surface area contributed by atoms with Crippen molar-refractivity contribution < 1.29 is 23.2 Å². The molecule has 0 aliphatic carbocycles. The molecule has 0 atom stereocenters. The average Bonchev–Trinajstić information content (AvgIpc) is 2.27. The Labute approximate surface area is 108 Å². The van der Waals surface area contributed by atoms with Crippen LogP contribution in [0.15, 0.2) is 10.8 Å². The van der Waals surface area contributed by atoms with Gasteiger partial charge in [0.1, 0.15) is 10.2 Å². The van der Waals surface area contributed by atoms with E-state index in [0.29, 0.717) is 0 Å². The van der Waals surface area contributed by atoms with E-state index in [-0.39, 0.29) is 11.2 Å². The van der Waals surface area contributed by atoms with Crippen LogP contribution in [0, 0.1) is 10.1 Å². The maximum Gasteiger partial charge on any atom is 0.346 e. The molecule has 0 radical (unpaired) electrons. The highest BCUT2D eigenvalue weighted by Crippen LogP contribution is 2.36. The molecule has 0 spiro atoms.